The van der Waals surface area contributed by atoms with E-state index in [1.54, 1.807) is 6.07 Å². The molecule has 96 valence electrons. The molecule has 0 aromatic heterocycles. The predicted molar refractivity (Wildman–Crippen MR) is 72.3 cm³/mol. The van der Waals surface area contributed by atoms with Crippen molar-refractivity contribution in [2.45, 2.75) is 26.7 Å². The van der Waals surface area contributed by atoms with Crippen molar-refractivity contribution < 1.29 is 4.79 Å². The fraction of sp³-hybridized carbons (Fsp3) is 0.429. The molecule has 1 amide bonds. The van der Waals surface area contributed by atoms with Gasteiger partial charge in [-0.2, -0.15) is 5.26 Å². The van der Waals surface area contributed by atoms with Crippen molar-refractivity contribution in [2.24, 2.45) is 0 Å². The zero-order valence-corrected chi connectivity index (χ0v) is 10.9. The molecule has 0 radical (unpaired) electrons. The lowest BCUT2D eigenvalue weighted by Crippen LogP contribution is -2.26. The highest BCUT2D eigenvalue weighted by molar-refractivity contribution is 5.76. The van der Waals surface area contributed by atoms with E-state index in [0.29, 0.717) is 25.1 Å². The summed E-state index contributed by atoms with van der Waals surface area (Å²) in [5.41, 5.74) is 2.45. The van der Waals surface area contributed by atoms with Crippen LogP contribution in [0.2, 0.25) is 0 Å². The lowest BCUT2D eigenvalue weighted by molar-refractivity contribution is -0.120. The lowest BCUT2D eigenvalue weighted by Gasteiger charge is -2.11. The van der Waals surface area contributed by atoms with Gasteiger partial charge in [-0.1, -0.05) is 19.1 Å². The van der Waals surface area contributed by atoms with Crippen molar-refractivity contribution in [1.82, 2.24) is 5.32 Å². The summed E-state index contributed by atoms with van der Waals surface area (Å²) in [5.74, 6) is 0.0384. The molecule has 1 aromatic carbocycles. The second kappa shape index (κ2) is 7.33. The number of para-hydroxylation sites is 1. The first-order valence-electron chi connectivity index (χ1n) is 6.19. The molecule has 0 aliphatic carbocycles. The van der Waals surface area contributed by atoms with E-state index < -0.39 is 0 Å². The third-order valence-electron chi connectivity index (χ3n) is 2.62. The topological polar surface area (TPSA) is 64.9 Å². The van der Waals surface area contributed by atoms with Crippen LogP contribution in [0.4, 0.5) is 5.69 Å². The number of nitrogens with zero attached hydrogens (tertiary/aromatic N) is 1. The van der Waals surface area contributed by atoms with Gasteiger partial charge in [-0.05, 0) is 25.0 Å². The molecule has 0 saturated carbocycles. The number of hydrogen-bond acceptors (Lipinski definition) is 3. The Hall–Kier alpha value is -2.02. The average molecular weight is 245 g/mol. The highest BCUT2D eigenvalue weighted by Crippen LogP contribution is 2.19. The van der Waals surface area contributed by atoms with Gasteiger partial charge in [0.15, 0.2) is 0 Å². The molecule has 4 nitrogen and oxygen atoms in total. The van der Waals surface area contributed by atoms with Crippen LogP contribution in [0.15, 0.2) is 18.2 Å². The van der Waals surface area contributed by atoms with Crippen LogP contribution in [0.3, 0.4) is 0 Å². The van der Waals surface area contributed by atoms with Crippen LogP contribution in [0.25, 0.3) is 0 Å². The maximum atomic E-state index is 11.4. The zero-order valence-electron chi connectivity index (χ0n) is 10.9. The number of amides is 1. The third kappa shape index (κ3) is 4.10. The van der Waals surface area contributed by atoms with E-state index in [9.17, 15) is 4.79 Å². The predicted octanol–water partition coefficient (Wildman–Crippen LogP) is 2.19. The first-order chi connectivity index (χ1) is 8.69. The fourth-order valence-corrected chi connectivity index (χ4v) is 1.65. The van der Waals surface area contributed by atoms with E-state index in [1.165, 1.54) is 0 Å². The number of carbonyl (C=O) groups excluding carboxylic acids is 1. The van der Waals surface area contributed by atoms with Gasteiger partial charge in [0.2, 0.25) is 5.91 Å². The van der Waals surface area contributed by atoms with Crippen LogP contribution in [-0.4, -0.2) is 19.0 Å². The normalized spacial score (nSPS) is 9.61. The van der Waals surface area contributed by atoms with Gasteiger partial charge in [0.25, 0.3) is 0 Å². The standard InChI is InChI=1S/C14H19N3O/c1-3-8-16-13(18)7-9-17-14-11(2)5-4-6-12(14)10-15/h4-6,17H,3,7-9H2,1-2H3,(H,16,18). The number of anilines is 1. The van der Waals surface area contributed by atoms with Gasteiger partial charge >= 0.3 is 0 Å². The Bertz CT molecular complexity index is 449. The van der Waals surface area contributed by atoms with Gasteiger partial charge < -0.3 is 10.6 Å². The largest absolute Gasteiger partial charge is 0.383 e. The molecular formula is C14H19N3O. The Kier molecular flexibility index (Phi) is 5.72. The maximum absolute atomic E-state index is 11.4. The molecule has 4 heteroatoms. The van der Waals surface area contributed by atoms with Crippen LogP contribution in [0.5, 0.6) is 0 Å². The Morgan fingerprint density at radius 3 is 2.83 bits per heavy atom. The van der Waals surface area contributed by atoms with Gasteiger partial charge in [0.1, 0.15) is 6.07 Å². The monoisotopic (exact) mass is 245 g/mol. The Labute approximate surface area is 108 Å². The van der Waals surface area contributed by atoms with E-state index in [0.717, 1.165) is 17.7 Å². The Morgan fingerprint density at radius 2 is 2.17 bits per heavy atom. The highest BCUT2D eigenvalue weighted by atomic mass is 16.1. The minimum absolute atomic E-state index is 0.0384. The number of nitriles is 1. The summed E-state index contributed by atoms with van der Waals surface area (Å²) in [6, 6.07) is 7.72. The molecule has 1 rings (SSSR count). The summed E-state index contributed by atoms with van der Waals surface area (Å²) < 4.78 is 0. The van der Waals surface area contributed by atoms with Gasteiger partial charge in [-0.3, -0.25) is 4.79 Å². The maximum Gasteiger partial charge on any atom is 0.221 e. The van der Waals surface area contributed by atoms with Crippen molar-refractivity contribution in [1.29, 1.82) is 5.26 Å². The fourth-order valence-electron chi connectivity index (χ4n) is 1.65. The minimum Gasteiger partial charge on any atom is -0.383 e. The number of benzene rings is 1. The molecule has 0 unspecified atom stereocenters. The quantitative estimate of drug-likeness (QED) is 0.807. The van der Waals surface area contributed by atoms with Crippen LogP contribution in [-0.2, 0) is 4.79 Å². The van der Waals surface area contributed by atoms with E-state index in [1.807, 2.05) is 26.0 Å². The van der Waals surface area contributed by atoms with Gasteiger partial charge in [0.05, 0.1) is 11.3 Å². The zero-order chi connectivity index (χ0) is 13.4. The van der Waals surface area contributed by atoms with Crippen molar-refractivity contribution in [3.8, 4) is 6.07 Å². The molecule has 0 aliphatic rings. The molecular weight excluding hydrogens is 226 g/mol. The van der Waals surface area contributed by atoms with E-state index >= 15 is 0 Å². The number of rotatable bonds is 6. The van der Waals surface area contributed by atoms with Crippen molar-refractivity contribution >= 4 is 11.6 Å². The first kappa shape index (κ1) is 14.0. The number of aryl methyl sites for hydroxylation is 1. The van der Waals surface area contributed by atoms with Crippen molar-refractivity contribution in [2.75, 3.05) is 18.4 Å². The Balaban J connectivity index is 2.49. The smallest absolute Gasteiger partial charge is 0.221 e. The molecule has 0 spiro atoms. The molecule has 2 N–H and O–H groups in total. The SMILES string of the molecule is CCCNC(=O)CCNc1c(C)cccc1C#N. The third-order valence-corrected chi connectivity index (χ3v) is 2.62. The second-order valence-corrected chi connectivity index (χ2v) is 4.14. The lowest BCUT2D eigenvalue weighted by atomic mass is 10.1. The first-order valence-corrected chi connectivity index (χ1v) is 6.19. The number of hydrogen-bond donors (Lipinski definition) is 2. The molecule has 0 bridgehead atoms. The van der Waals surface area contributed by atoms with Gasteiger partial charge in [0, 0.05) is 19.5 Å². The van der Waals surface area contributed by atoms with Crippen molar-refractivity contribution in [3.63, 3.8) is 0 Å². The average Bonchev–Trinajstić information content (AvgIpc) is 2.38. The molecule has 0 atom stereocenters. The molecule has 0 fully saturated rings. The minimum atomic E-state index is 0.0384. The van der Waals surface area contributed by atoms with Crippen LogP contribution >= 0.6 is 0 Å². The van der Waals surface area contributed by atoms with Crippen LogP contribution < -0.4 is 10.6 Å². The number of nitrogens with one attached hydrogen (secondary N) is 2. The summed E-state index contributed by atoms with van der Waals surface area (Å²) in [5, 5.41) is 15.0. The molecule has 0 aliphatic heterocycles. The van der Waals surface area contributed by atoms with Gasteiger partial charge in [-0.25, -0.2) is 0 Å². The Morgan fingerprint density at radius 1 is 1.39 bits per heavy atom. The second-order valence-electron chi connectivity index (χ2n) is 4.14. The van der Waals surface area contributed by atoms with Crippen LogP contribution in [0, 0.1) is 18.3 Å². The van der Waals surface area contributed by atoms with E-state index in [2.05, 4.69) is 16.7 Å². The summed E-state index contributed by atoms with van der Waals surface area (Å²) >= 11 is 0. The summed E-state index contributed by atoms with van der Waals surface area (Å²) in [6.45, 7) is 5.22. The van der Waals surface area contributed by atoms with Crippen molar-refractivity contribution in [3.05, 3.63) is 29.3 Å². The highest BCUT2D eigenvalue weighted by Gasteiger charge is 2.05. The summed E-state index contributed by atoms with van der Waals surface area (Å²) in [7, 11) is 0. The van der Waals surface area contributed by atoms with E-state index in [-0.39, 0.29) is 5.91 Å². The van der Waals surface area contributed by atoms with E-state index in [4.69, 9.17) is 5.26 Å². The molecule has 1 aromatic rings. The van der Waals surface area contributed by atoms with Crippen LogP contribution in [0.1, 0.15) is 30.9 Å². The molecule has 0 heterocycles. The number of carbonyl (C=O) groups is 1. The summed E-state index contributed by atoms with van der Waals surface area (Å²) in [4.78, 5) is 11.4. The molecule has 18 heavy (non-hydrogen) atoms. The summed E-state index contributed by atoms with van der Waals surface area (Å²) in [6.07, 6.45) is 1.36. The van der Waals surface area contributed by atoms with Gasteiger partial charge in [-0.15, -0.1) is 0 Å². The molecule has 0 saturated heterocycles.